The molecule has 1 aliphatic carbocycles. The van der Waals surface area contributed by atoms with Gasteiger partial charge < -0.3 is 95.1 Å². The van der Waals surface area contributed by atoms with Crippen molar-refractivity contribution in [3.05, 3.63) is 343 Å². The summed E-state index contributed by atoms with van der Waals surface area (Å²) >= 11 is 4.34. The number of ether oxygens (including phenoxy) is 19. The first-order chi connectivity index (χ1) is 69.2. The zero-order valence-corrected chi connectivity index (χ0v) is 89.4. The summed E-state index contributed by atoms with van der Waals surface area (Å²) in [5.41, 5.74) is 30.3. The maximum atomic E-state index is 11.6. The fourth-order valence-electron chi connectivity index (χ4n) is 15.1. The zero-order valence-electron chi connectivity index (χ0n) is 88.5. The normalized spacial score (nSPS) is 10.9. The van der Waals surface area contributed by atoms with Gasteiger partial charge in [-0.15, -0.1) is 0 Å². The van der Waals surface area contributed by atoms with Crippen molar-refractivity contribution in [3.8, 4) is 74.7 Å². The van der Waals surface area contributed by atoms with Crippen molar-refractivity contribution in [2.24, 2.45) is 0 Å². The molecule has 772 valence electrons. The van der Waals surface area contributed by atoms with Gasteiger partial charge >= 0.3 is 36.9 Å². The molecule has 1 fully saturated rings. The van der Waals surface area contributed by atoms with E-state index in [0.717, 1.165) is 137 Å². The molecule has 145 heavy (non-hydrogen) atoms. The van der Waals surface area contributed by atoms with Crippen LogP contribution in [-0.4, -0.2) is 91.3 Å². The molecular weight excluding hydrogens is 1870 g/mol. The minimum absolute atomic E-state index is 0.173. The summed E-state index contributed by atoms with van der Waals surface area (Å²) in [6, 6.07) is 57.5. The third-order valence-corrected chi connectivity index (χ3v) is 24.8. The van der Waals surface area contributed by atoms with E-state index in [0.29, 0.717) is 95.0 Å². The fraction of sp³-hybridized carbons (Fsp3) is 0.339. The molecule has 27 heteroatoms. The standard InChI is InChI=1S/C21H24O4.C20H24O5.C20H24O4.C19H22O5.C19H22O4S.C19H22O4/c1-13-10-15(3)20(11-14(13)2)24-12-18-17(16-8-9-16)6-5-7-19(18)25-21(22)23-4;1-6-23-17-8-7-9-18(25-20(21)22-5)16(17)12-24-19-11-14(3)13(2)10-15(19)4;1-6-16-8-7-9-18(24-20(21)22-5)17(16)12-23-19-11-14(3)13(2)10-15(19)4;1-12-8-14(3)18(9-13(12)2)23-11-16-15(10-20)6-5-7-17(16)24-19(21)22-4;1-12-8-14(3)18(9-13(12)2)22-10-16-15(11-24)6-5-7-17(16)23-19(20)21-4;1-12-7-6-8-17(23-19(20)21-5)16(12)11-22-18-10-14(3)13(2)9-15(18)4/h5-7,10-11,16H,8-9,12H2,1-4H3;7-11H,6,12H2,1-5H3;7-11H,6,12H2,1-5H3;5-9,20H,10-11H2,1-4H3;5-9,24H,10-11H2,1-4H3;6-10H,11H2,1-5H3. The maximum absolute atomic E-state index is 11.6. The number of aliphatic hydroxyl groups excluding tert-OH is 1. The van der Waals surface area contributed by atoms with E-state index in [1.54, 1.807) is 54.6 Å². The van der Waals surface area contributed by atoms with Gasteiger partial charge in [-0.05, 0) is 370 Å². The van der Waals surface area contributed by atoms with E-state index in [9.17, 15) is 33.9 Å². The average molecular weight is 2000 g/mol. The van der Waals surface area contributed by atoms with E-state index in [2.05, 4.69) is 166 Å². The molecule has 0 aliphatic heterocycles. The van der Waals surface area contributed by atoms with Gasteiger partial charge in [-0.25, -0.2) is 28.8 Å². The molecule has 0 spiro atoms. The van der Waals surface area contributed by atoms with E-state index in [4.69, 9.17) is 61.6 Å². The number of carbonyl (C=O) groups is 6. The molecule has 0 radical (unpaired) electrons. The minimum Gasteiger partial charge on any atom is -0.493 e. The Morgan fingerprint density at radius 3 is 0.766 bits per heavy atom. The number of rotatable bonds is 30. The molecule has 0 amide bonds. The number of thiol groups is 1. The van der Waals surface area contributed by atoms with Crippen LogP contribution >= 0.6 is 12.6 Å². The second-order valence-electron chi connectivity index (χ2n) is 34.9. The van der Waals surface area contributed by atoms with Gasteiger partial charge in [0.1, 0.15) is 114 Å². The Morgan fingerprint density at radius 2 is 0.476 bits per heavy atom. The molecule has 0 atom stereocenters. The molecule has 0 aromatic heterocycles. The Hall–Kier alpha value is -14.8. The van der Waals surface area contributed by atoms with Crippen molar-refractivity contribution in [3.63, 3.8) is 0 Å². The van der Waals surface area contributed by atoms with Crippen LogP contribution < -0.4 is 61.6 Å². The van der Waals surface area contributed by atoms with Crippen molar-refractivity contribution in [2.45, 2.75) is 223 Å². The van der Waals surface area contributed by atoms with Crippen molar-refractivity contribution in [1.29, 1.82) is 0 Å². The van der Waals surface area contributed by atoms with Crippen LogP contribution in [0.2, 0.25) is 0 Å². The van der Waals surface area contributed by atoms with E-state index >= 15 is 0 Å². The van der Waals surface area contributed by atoms with Crippen molar-refractivity contribution < 1.29 is 124 Å². The van der Waals surface area contributed by atoms with Gasteiger partial charge in [-0.3, -0.25) is 0 Å². The van der Waals surface area contributed by atoms with Gasteiger partial charge in [-0.1, -0.05) is 110 Å². The third kappa shape index (κ3) is 34.2. The largest absolute Gasteiger partial charge is 0.513 e. The summed E-state index contributed by atoms with van der Waals surface area (Å²) in [5.74, 6) is 9.10. The van der Waals surface area contributed by atoms with Crippen LogP contribution in [0.5, 0.6) is 74.7 Å². The van der Waals surface area contributed by atoms with Crippen LogP contribution in [0.3, 0.4) is 0 Å². The predicted molar refractivity (Wildman–Crippen MR) is 563 cm³/mol. The van der Waals surface area contributed by atoms with Crippen LogP contribution in [0, 0.1) is 132 Å². The second kappa shape index (κ2) is 56.9. The van der Waals surface area contributed by atoms with E-state index in [1.165, 1.54) is 104 Å². The van der Waals surface area contributed by atoms with Crippen LogP contribution in [0.4, 0.5) is 28.8 Å². The van der Waals surface area contributed by atoms with Crippen molar-refractivity contribution in [2.75, 3.05) is 49.3 Å². The first kappa shape index (κ1) is 115. The highest BCUT2D eigenvalue weighted by Crippen LogP contribution is 2.45. The molecule has 12 aromatic carbocycles. The third-order valence-electron chi connectivity index (χ3n) is 24.5. The number of methoxy groups -OCH3 is 6. The minimum atomic E-state index is -0.811. The predicted octanol–water partition coefficient (Wildman–Crippen LogP) is 28.1. The number of aliphatic hydroxyl groups is 1. The molecule has 1 N–H and O–H groups in total. The smallest absolute Gasteiger partial charge is 0.493 e. The number of aryl methyl sites for hydroxylation is 20. The number of benzene rings is 12. The van der Waals surface area contributed by atoms with E-state index in [-0.39, 0.29) is 26.4 Å². The van der Waals surface area contributed by atoms with Crippen LogP contribution in [0.15, 0.2) is 182 Å². The van der Waals surface area contributed by atoms with E-state index in [1.807, 2.05) is 148 Å². The molecule has 26 nitrogen and oxygen atoms in total. The Morgan fingerprint density at radius 1 is 0.248 bits per heavy atom. The van der Waals surface area contributed by atoms with E-state index < -0.39 is 36.9 Å². The molecule has 1 aliphatic rings. The average Bonchev–Trinajstić information content (AvgIpc) is 1.66. The Balaban J connectivity index is 0.000000212. The summed E-state index contributed by atoms with van der Waals surface area (Å²) in [5, 5.41) is 9.54. The fourth-order valence-corrected chi connectivity index (χ4v) is 15.4. The molecule has 0 bridgehead atoms. The van der Waals surface area contributed by atoms with Gasteiger partial charge in [0.15, 0.2) is 0 Å². The lowest BCUT2D eigenvalue weighted by molar-refractivity contribution is 0.119. The lowest BCUT2D eigenvalue weighted by Crippen LogP contribution is -2.11. The van der Waals surface area contributed by atoms with Crippen LogP contribution in [0.25, 0.3) is 0 Å². The summed E-state index contributed by atoms with van der Waals surface area (Å²) in [7, 11) is 7.67. The summed E-state index contributed by atoms with van der Waals surface area (Å²) in [6.45, 7) is 44.8. The van der Waals surface area contributed by atoms with Crippen molar-refractivity contribution in [1.82, 2.24) is 0 Å². The topological polar surface area (TPSA) is 298 Å². The van der Waals surface area contributed by atoms with Gasteiger partial charge in [0, 0.05) is 33.6 Å². The summed E-state index contributed by atoms with van der Waals surface area (Å²) < 4.78 is 100. The summed E-state index contributed by atoms with van der Waals surface area (Å²) in [4.78, 5) is 68.7. The SMILES string of the molecule is CCOc1cccc(OC(=O)OC)c1COc1cc(C)c(C)cc1C.CCc1cccc(OC(=O)OC)c1COc1cc(C)c(C)cc1C.COC(=O)Oc1cccc(C)c1COc1cc(C)c(C)cc1C.COC(=O)Oc1cccc(C2CC2)c1COc1cc(C)c(C)cc1C.COC(=O)Oc1cccc(CO)c1COc1cc(C)c(C)cc1C.COC(=O)Oc1cccc(CS)c1COc1cc(C)c(C)cc1C. The maximum Gasteiger partial charge on any atom is 0.513 e. The van der Waals surface area contributed by atoms with Gasteiger partial charge in [-0.2, -0.15) is 12.6 Å². The van der Waals surface area contributed by atoms with Crippen molar-refractivity contribution >= 4 is 49.6 Å². The highest BCUT2D eigenvalue weighted by atomic mass is 32.1. The first-order valence-corrected chi connectivity index (χ1v) is 48.2. The van der Waals surface area contributed by atoms with Crippen LogP contribution in [-0.2, 0) is 86.8 Å². The first-order valence-electron chi connectivity index (χ1n) is 47.5. The molecule has 1 saturated carbocycles. The zero-order chi connectivity index (χ0) is 106. The lowest BCUT2D eigenvalue weighted by Gasteiger charge is -2.16. The monoisotopic (exact) mass is 2000 g/mol. The molecule has 12 aromatic rings. The molecule has 0 heterocycles. The number of hydrogen-bond acceptors (Lipinski definition) is 27. The number of carbonyl (C=O) groups excluding carboxylic acids is 6. The summed E-state index contributed by atoms with van der Waals surface area (Å²) in [6.07, 6.45) is -1.37. The molecule has 0 unspecified atom stereocenters. The quantitative estimate of drug-likeness (QED) is 0.0183. The lowest BCUT2D eigenvalue weighted by atomic mass is 10.0. The molecule has 0 saturated heterocycles. The molecular formula is C118H138O26S. The van der Waals surface area contributed by atoms with Crippen LogP contribution in [0.1, 0.15) is 194 Å². The van der Waals surface area contributed by atoms with Gasteiger partial charge in [0.05, 0.1) is 61.4 Å². The Labute approximate surface area is 858 Å². The Kier molecular flexibility index (Phi) is 45.3. The second-order valence-corrected chi connectivity index (χ2v) is 35.3. The highest BCUT2D eigenvalue weighted by molar-refractivity contribution is 7.79. The van der Waals surface area contributed by atoms with Gasteiger partial charge in [0.2, 0.25) is 0 Å². The Bertz CT molecular complexity index is 6170. The van der Waals surface area contributed by atoms with Gasteiger partial charge in [0.25, 0.3) is 0 Å². The number of hydrogen-bond donors (Lipinski definition) is 2. The molecule has 13 rings (SSSR count). The highest BCUT2D eigenvalue weighted by Gasteiger charge is 2.30.